The molecule has 1 saturated heterocycles. The van der Waals surface area contributed by atoms with Crippen molar-refractivity contribution in [3.8, 4) is 11.3 Å². The second-order valence-corrected chi connectivity index (χ2v) is 7.35. The molecule has 4 heterocycles. The summed E-state index contributed by atoms with van der Waals surface area (Å²) in [4.78, 5) is 24.5. The van der Waals surface area contributed by atoms with Crippen molar-refractivity contribution >= 4 is 28.3 Å². The maximum atomic E-state index is 13.4. The van der Waals surface area contributed by atoms with Gasteiger partial charge in [-0.3, -0.25) is 9.69 Å². The Morgan fingerprint density at radius 3 is 2.76 bits per heavy atom. The summed E-state index contributed by atoms with van der Waals surface area (Å²) in [5, 5.41) is 5.32. The van der Waals surface area contributed by atoms with E-state index in [1.54, 1.807) is 21.3 Å². The molecule has 0 atom stereocenters. The van der Waals surface area contributed by atoms with E-state index in [9.17, 15) is 4.79 Å². The van der Waals surface area contributed by atoms with Crippen molar-refractivity contribution in [2.45, 2.75) is 6.54 Å². The van der Waals surface area contributed by atoms with Crippen LogP contribution in [-0.4, -0.2) is 61.9 Å². The highest BCUT2D eigenvalue weighted by atomic mass is 35.5. The third kappa shape index (κ3) is 3.29. The Balaban J connectivity index is 1.67. The monoisotopic (exact) mass is 410 g/mol. The van der Waals surface area contributed by atoms with Crippen LogP contribution in [0.3, 0.4) is 0 Å². The van der Waals surface area contributed by atoms with Crippen molar-refractivity contribution in [2.24, 2.45) is 0 Å². The van der Waals surface area contributed by atoms with Crippen LogP contribution in [0.2, 0.25) is 5.02 Å². The quantitative estimate of drug-likeness (QED) is 0.512. The molecule has 1 aromatic carbocycles. The van der Waals surface area contributed by atoms with Crippen LogP contribution in [0.5, 0.6) is 0 Å². The van der Waals surface area contributed by atoms with Crippen LogP contribution in [0.1, 0.15) is 0 Å². The Bertz CT molecular complexity index is 1240. The average Bonchev–Trinajstić information content (AvgIpc) is 3.21. The highest BCUT2D eigenvalue weighted by Gasteiger charge is 2.19. The SMILES string of the molecule is O=c1c2c(-c3ccccc3Cl)n3ncnc3nc2ccn1CCN1CCOCC1. The Kier molecular flexibility index (Phi) is 4.75. The van der Waals surface area contributed by atoms with Gasteiger partial charge in [-0.1, -0.05) is 29.8 Å². The summed E-state index contributed by atoms with van der Waals surface area (Å²) in [6.45, 7) is 4.61. The number of aromatic nitrogens is 5. The normalized spacial score (nSPS) is 15.3. The first kappa shape index (κ1) is 18.2. The van der Waals surface area contributed by atoms with Gasteiger partial charge in [0.25, 0.3) is 11.3 Å². The zero-order valence-corrected chi connectivity index (χ0v) is 16.4. The second kappa shape index (κ2) is 7.55. The molecule has 0 aliphatic carbocycles. The van der Waals surface area contributed by atoms with Crippen molar-refractivity contribution in [1.29, 1.82) is 0 Å². The molecule has 5 rings (SSSR count). The van der Waals surface area contributed by atoms with Gasteiger partial charge in [0, 0.05) is 43.0 Å². The molecule has 4 aromatic rings. The lowest BCUT2D eigenvalue weighted by molar-refractivity contribution is 0.0363. The summed E-state index contributed by atoms with van der Waals surface area (Å²) in [6.07, 6.45) is 3.22. The van der Waals surface area contributed by atoms with Crippen LogP contribution < -0.4 is 5.56 Å². The number of rotatable bonds is 4. The van der Waals surface area contributed by atoms with Gasteiger partial charge >= 0.3 is 0 Å². The lowest BCUT2D eigenvalue weighted by Crippen LogP contribution is -2.39. The summed E-state index contributed by atoms with van der Waals surface area (Å²) in [5.41, 5.74) is 1.79. The maximum Gasteiger partial charge on any atom is 0.262 e. The molecular formula is C20H19ClN6O2. The first-order valence-electron chi connectivity index (χ1n) is 9.50. The molecule has 0 bridgehead atoms. The molecule has 0 unspecified atom stereocenters. The van der Waals surface area contributed by atoms with Crippen LogP contribution in [0.15, 0.2) is 47.7 Å². The molecule has 0 amide bonds. The molecule has 148 valence electrons. The molecule has 0 saturated carbocycles. The minimum absolute atomic E-state index is 0.115. The number of nitrogens with zero attached hydrogens (tertiary/aromatic N) is 6. The number of fused-ring (bicyclic) bond motifs is 2. The molecule has 0 radical (unpaired) electrons. The zero-order valence-electron chi connectivity index (χ0n) is 15.7. The average molecular weight is 411 g/mol. The van der Waals surface area contributed by atoms with Gasteiger partial charge in [0.05, 0.1) is 29.8 Å². The Morgan fingerprint density at radius 2 is 1.93 bits per heavy atom. The van der Waals surface area contributed by atoms with Crippen LogP contribution >= 0.6 is 11.6 Å². The molecule has 3 aromatic heterocycles. The number of halogens is 1. The summed E-state index contributed by atoms with van der Waals surface area (Å²) in [7, 11) is 0. The lowest BCUT2D eigenvalue weighted by atomic mass is 10.1. The van der Waals surface area contributed by atoms with Gasteiger partial charge in [-0.15, -0.1) is 0 Å². The number of hydrogen-bond donors (Lipinski definition) is 0. The smallest absolute Gasteiger partial charge is 0.262 e. The van der Waals surface area contributed by atoms with Crippen LogP contribution in [0.4, 0.5) is 0 Å². The summed E-state index contributed by atoms with van der Waals surface area (Å²) in [5.74, 6) is 0.429. The molecule has 8 nitrogen and oxygen atoms in total. The summed E-state index contributed by atoms with van der Waals surface area (Å²) >= 11 is 6.47. The van der Waals surface area contributed by atoms with Crippen molar-refractivity contribution in [3.63, 3.8) is 0 Å². The van der Waals surface area contributed by atoms with Gasteiger partial charge in [-0.2, -0.15) is 14.6 Å². The predicted molar refractivity (Wildman–Crippen MR) is 110 cm³/mol. The fraction of sp³-hybridized carbons (Fsp3) is 0.300. The summed E-state index contributed by atoms with van der Waals surface area (Å²) in [6, 6.07) is 9.27. The third-order valence-corrected chi connectivity index (χ3v) is 5.56. The Hall–Kier alpha value is -2.81. The van der Waals surface area contributed by atoms with Crippen LogP contribution in [0, 0.1) is 0 Å². The highest BCUT2D eigenvalue weighted by Crippen LogP contribution is 2.31. The first-order chi connectivity index (χ1) is 14.2. The Labute approximate surface area is 171 Å². The molecule has 9 heteroatoms. The first-order valence-corrected chi connectivity index (χ1v) is 9.88. The van der Waals surface area contributed by atoms with Gasteiger partial charge in [-0.25, -0.2) is 4.98 Å². The molecule has 0 spiro atoms. The maximum absolute atomic E-state index is 13.4. The molecule has 29 heavy (non-hydrogen) atoms. The molecule has 1 aliphatic heterocycles. The summed E-state index contributed by atoms with van der Waals surface area (Å²) < 4.78 is 8.70. The highest BCUT2D eigenvalue weighted by molar-refractivity contribution is 6.33. The van der Waals surface area contributed by atoms with Crippen LogP contribution in [0.25, 0.3) is 27.9 Å². The number of benzene rings is 1. The number of pyridine rings is 1. The van der Waals surface area contributed by atoms with Crippen molar-refractivity contribution in [3.05, 3.63) is 58.2 Å². The van der Waals surface area contributed by atoms with E-state index < -0.39 is 0 Å². The van der Waals surface area contributed by atoms with Crippen LogP contribution in [-0.2, 0) is 11.3 Å². The van der Waals surface area contributed by atoms with E-state index in [4.69, 9.17) is 16.3 Å². The predicted octanol–water partition coefficient (Wildman–Crippen LogP) is 2.09. The minimum Gasteiger partial charge on any atom is -0.379 e. The molecule has 1 aliphatic rings. The van der Waals surface area contributed by atoms with E-state index in [1.807, 2.05) is 24.3 Å². The van der Waals surface area contributed by atoms with Gasteiger partial charge in [0.1, 0.15) is 6.33 Å². The fourth-order valence-electron chi connectivity index (χ4n) is 3.72. The molecule has 0 N–H and O–H groups in total. The standard InChI is InChI=1S/C20H19ClN6O2/c21-15-4-2-1-3-14(15)18-17-16(24-20-22-13-23-27(18)20)5-6-26(19(17)28)8-7-25-9-11-29-12-10-25/h1-6,13H,7-12H2. The van der Waals surface area contributed by atoms with E-state index in [2.05, 4.69) is 20.0 Å². The van der Waals surface area contributed by atoms with Gasteiger partial charge in [0.2, 0.25) is 0 Å². The van der Waals surface area contributed by atoms with E-state index in [1.165, 1.54) is 6.33 Å². The Morgan fingerprint density at radius 1 is 1.10 bits per heavy atom. The topological polar surface area (TPSA) is 77.6 Å². The van der Waals surface area contributed by atoms with Gasteiger partial charge in [-0.05, 0) is 12.1 Å². The largest absolute Gasteiger partial charge is 0.379 e. The third-order valence-electron chi connectivity index (χ3n) is 5.23. The number of ether oxygens (including phenoxy) is 1. The van der Waals surface area contributed by atoms with E-state index >= 15 is 0 Å². The molecule has 1 fully saturated rings. The molecular weight excluding hydrogens is 392 g/mol. The van der Waals surface area contributed by atoms with Crippen molar-refractivity contribution < 1.29 is 4.74 Å². The van der Waals surface area contributed by atoms with E-state index in [-0.39, 0.29) is 5.56 Å². The van der Waals surface area contributed by atoms with E-state index in [0.717, 1.165) is 38.4 Å². The number of morpholine rings is 1. The fourth-order valence-corrected chi connectivity index (χ4v) is 3.94. The second-order valence-electron chi connectivity index (χ2n) is 6.94. The van der Waals surface area contributed by atoms with Crippen molar-refractivity contribution in [1.82, 2.24) is 29.0 Å². The minimum atomic E-state index is -0.115. The van der Waals surface area contributed by atoms with Gasteiger partial charge in [0.15, 0.2) is 0 Å². The zero-order chi connectivity index (χ0) is 19.8. The lowest BCUT2D eigenvalue weighted by Gasteiger charge is -2.26. The van der Waals surface area contributed by atoms with Gasteiger partial charge < -0.3 is 9.30 Å². The number of hydrogen-bond acceptors (Lipinski definition) is 6. The van der Waals surface area contributed by atoms with E-state index in [0.29, 0.717) is 33.9 Å². The van der Waals surface area contributed by atoms with Crippen molar-refractivity contribution in [2.75, 3.05) is 32.8 Å².